The zero-order valence-corrected chi connectivity index (χ0v) is 21.5. The van der Waals surface area contributed by atoms with Crippen LogP contribution >= 0.6 is 34.8 Å². The molecule has 3 aromatic rings. The summed E-state index contributed by atoms with van der Waals surface area (Å²) in [4.78, 5) is 13.2. The number of carbonyl (C=O) groups is 1. The average Bonchev–Trinajstić information content (AvgIpc) is 2.79. The number of anilines is 1. The molecule has 0 aromatic heterocycles. The van der Waals surface area contributed by atoms with E-state index >= 15 is 0 Å². The molecule has 0 unspecified atom stereocenters. The number of sulfonamides is 1. The molecule has 0 saturated heterocycles. The molecule has 0 spiro atoms. The molecule has 1 amide bonds. The SMILES string of the molecule is CCOc1ccc(S(=O)(=O)N[C@H](Cc2ccccc2)C(=O)Nc2cc(Cl)c(Cl)cc2Cl)cc1C. The zero-order valence-electron chi connectivity index (χ0n) is 18.4. The standard InChI is InChI=1S/C24H23Cl3N2O4S/c1-3-33-23-10-9-17(11-15(23)2)34(31,32)29-22(12-16-7-5-4-6-8-16)24(30)28-21-14-19(26)18(25)13-20(21)27/h4-11,13-14,22,29H,3,12H2,1-2H3,(H,28,30)/t22-/m1/s1. The second kappa shape index (κ2) is 11.4. The van der Waals surface area contributed by atoms with Gasteiger partial charge in [0.05, 0.1) is 32.3 Å². The molecule has 6 nitrogen and oxygen atoms in total. The summed E-state index contributed by atoms with van der Waals surface area (Å²) in [7, 11) is -4.04. The van der Waals surface area contributed by atoms with Crippen molar-refractivity contribution in [1.82, 2.24) is 4.72 Å². The van der Waals surface area contributed by atoms with Gasteiger partial charge in [0.15, 0.2) is 0 Å². The molecular formula is C24H23Cl3N2O4S. The van der Waals surface area contributed by atoms with Gasteiger partial charge in [0, 0.05) is 0 Å². The largest absolute Gasteiger partial charge is 0.494 e. The Labute approximate surface area is 214 Å². The molecule has 2 N–H and O–H groups in total. The third-order valence-corrected chi connectivity index (χ3v) is 7.43. The van der Waals surface area contributed by atoms with Crippen molar-refractivity contribution >= 4 is 56.4 Å². The van der Waals surface area contributed by atoms with Gasteiger partial charge >= 0.3 is 0 Å². The Morgan fingerprint density at radius 2 is 1.65 bits per heavy atom. The quantitative estimate of drug-likeness (QED) is 0.331. The van der Waals surface area contributed by atoms with Crippen LogP contribution < -0.4 is 14.8 Å². The Hall–Kier alpha value is -2.29. The predicted molar refractivity (Wildman–Crippen MR) is 137 cm³/mol. The van der Waals surface area contributed by atoms with Crippen molar-refractivity contribution in [3.05, 3.63) is 86.9 Å². The molecule has 0 radical (unpaired) electrons. The predicted octanol–water partition coefficient (Wildman–Crippen LogP) is 5.88. The number of nitrogens with one attached hydrogen (secondary N) is 2. The van der Waals surface area contributed by atoms with E-state index in [0.29, 0.717) is 17.9 Å². The molecule has 3 rings (SSSR count). The molecule has 3 aromatic carbocycles. The lowest BCUT2D eigenvalue weighted by Crippen LogP contribution is -2.45. The number of hydrogen-bond acceptors (Lipinski definition) is 4. The fraction of sp³-hybridized carbons (Fsp3) is 0.208. The lowest BCUT2D eigenvalue weighted by molar-refractivity contribution is -0.117. The molecule has 34 heavy (non-hydrogen) atoms. The van der Waals surface area contributed by atoms with Crippen molar-refractivity contribution in [3.8, 4) is 5.75 Å². The van der Waals surface area contributed by atoms with E-state index in [0.717, 1.165) is 5.56 Å². The van der Waals surface area contributed by atoms with Crippen molar-refractivity contribution in [2.75, 3.05) is 11.9 Å². The number of hydrogen-bond donors (Lipinski definition) is 2. The number of rotatable bonds is 9. The first-order valence-corrected chi connectivity index (χ1v) is 13.0. The van der Waals surface area contributed by atoms with Gasteiger partial charge in [-0.1, -0.05) is 65.1 Å². The fourth-order valence-electron chi connectivity index (χ4n) is 3.24. The summed E-state index contributed by atoms with van der Waals surface area (Å²) in [6, 6.07) is 15.3. The Balaban J connectivity index is 1.90. The number of ether oxygens (including phenoxy) is 1. The molecule has 0 fully saturated rings. The third kappa shape index (κ3) is 6.64. The first-order chi connectivity index (χ1) is 16.1. The van der Waals surface area contributed by atoms with Crippen LogP contribution in [0.2, 0.25) is 15.1 Å². The molecule has 0 saturated carbocycles. The van der Waals surface area contributed by atoms with Gasteiger partial charge in [-0.25, -0.2) is 8.42 Å². The smallest absolute Gasteiger partial charge is 0.242 e. The van der Waals surface area contributed by atoms with E-state index in [1.54, 1.807) is 13.0 Å². The summed E-state index contributed by atoms with van der Waals surface area (Å²) >= 11 is 18.2. The highest BCUT2D eigenvalue weighted by Gasteiger charge is 2.27. The molecular weight excluding hydrogens is 519 g/mol. The van der Waals surface area contributed by atoms with Gasteiger partial charge in [0.1, 0.15) is 11.8 Å². The maximum atomic E-state index is 13.2. The first-order valence-electron chi connectivity index (χ1n) is 10.4. The molecule has 0 aliphatic rings. The van der Waals surface area contributed by atoms with E-state index in [1.165, 1.54) is 24.3 Å². The molecule has 0 aliphatic heterocycles. The van der Waals surface area contributed by atoms with Crippen molar-refractivity contribution in [3.63, 3.8) is 0 Å². The Kier molecular flexibility index (Phi) is 8.84. The van der Waals surface area contributed by atoms with E-state index in [4.69, 9.17) is 39.5 Å². The molecule has 0 heterocycles. The zero-order chi connectivity index (χ0) is 24.9. The minimum Gasteiger partial charge on any atom is -0.494 e. The second-order valence-corrected chi connectivity index (χ2v) is 10.4. The minimum absolute atomic E-state index is 0.0203. The van der Waals surface area contributed by atoms with Crippen LogP contribution in [0.1, 0.15) is 18.1 Å². The maximum Gasteiger partial charge on any atom is 0.242 e. The Morgan fingerprint density at radius 3 is 2.29 bits per heavy atom. The summed E-state index contributed by atoms with van der Waals surface area (Å²) in [5.41, 5.74) is 1.65. The van der Waals surface area contributed by atoms with Crippen LogP contribution in [0.15, 0.2) is 65.6 Å². The number of carbonyl (C=O) groups excluding carboxylic acids is 1. The highest BCUT2D eigenvalue weighted by Crippen LogP contribution is 2.32. The van der Waals surface area contributed by atoms with Gasteiger partial charge in [-0.2, -0.15) is 4.72 Å². The molecule has 1 atom stereocenters. The van der Waals surface area contributed by atoms with Crippen LogP contribution in [0.5, 0.6) is 5.75 Å². The van der Waals surface area contributed by atoms with Gasteiger partial charge in [0.2, 0.25) is 15.9 Å². The Morgan fingerprint density at radius 1 is 0.971 bits per heavy atom. The van der Waals surface area contributed by atoms with Gasteiger partial charge in [-0.3, -0.25) is 4.79 Å². The summed E-state index contributed by atoms with van der Waals surface area (Å²) < 4.78 is 34.4. The average molecular weight is 542 g/mol. The maximum absolute atomic E-state index is 13.2. The summed E-state index contributed by atoms with van der Waals surface area (Å²) in [5, 5.41) is 3.26. The highest BCUT2D eigenvalue weighted by atomic mass is 35.5. The molecule has 0 bridgehead atoms. The van der Waals surface area contributed by atoms with E-state index in [-0.39, 0.29) is 32.1 Å². The van der Waals surface area contributed by atoms with Crippen LogP contribution in [0, 0.1) is 6.92 Å². The lowest BCUT2D eigenvalue weighted by Gasteiger charge is -2.20. The van der Waals surface area contributed by atoms with E-state index < -0.39 is 22.0 Å². The number of halogens is 3. The van der Waals surface area contributed by atoms with Gasteiger partial charge < -0.3 is 10.1 Å². The second-order valence-electron chi connectivity index (χ2n) is 7.46. The van der Waals surface area contributed by atoms with Crippen molar-refractivity contribution < 1.29 is 17.9 Å². The van der Waals surface area contributed by atoms with Gasteiger partial charge in [-0.15, -0.1) is 0 Å². The Bertz CT molecular complexity index is 1280. The summed E-state index contributed by atoms with van der Waals surface area (Å²) in [6.45, 7) is 4.06. The molecule has 10 heteroatoms. The first kappa shape index (κ1) is 26.3. The van der Waals surface area contributed by atoms with Crippen LogP contribution in [0.25, 0.3) is 0 Å². The molecule has 0 aliphatic carbocycles. The summed E-state index contributed by atoms with van der Waals surface area (Å²) in [6.07, 6.45) is 0.112. The van der Waals surface area contributed by atoms with Crippen LogP contribution in [-0.4, -0.2) is 27.0 Å². The lowest BCUT2D eigenvalue weighted by atomic mass is 10.1. The van der Waals surface area contributed by atoms with Gasteiger partial charge in [0.25, 0.3) is 0 Å². The fourth-order valence-corrected chi connectivity index (χ4v) is 5.11. The van der Waals surface area contributed by atoms with E-state index in [1.807, 2.05) is 37.3 Å². The monoisotopic (exact) mass is 540 g/mol. The van der Waals surface area contributed by atoms with E-state index in [2.05, 4.69) is 10.0 Å². The van der Waals surface area contributed by atoms with Crippen molar-refractivity contribution in [1.29, 1.82) is 0 Å². The molecule has 180 valence electrons. The number of benzene rings is 3. The van der Waals surface area contributed by atoms with E-state index in [9.17, 15) is 13.2 Å². The summed E-state index contributed by atoms with van der Waals surface area (Å²) in [5.74, 6) is -0.00957. The normalized spacial score (nSPS) is 12.3. The number of amides is 1. The van der Waals surface area contributed by atoms with Crippen LogP contribution in [0.4, 0.5) is 5.69 Å². The van der Waals surface area contributed by atoms with Crippen LogP contribution in [0.3, 0.4) is 0 Å². The topological polar surface area (TPSA) is 84.5 Å². The number of aryl methyl sites for hydroxylation is 1. The highest BCUT2D eigenvalue weighted by molar-refractivity contribution is 7.89. The third-order valence-electron chi connectivity index (χ3n) is 4.92. The van der Waals surface area contributed by atoms with Crippen molar-refractivity contribution in [2.24, 2.45) is 0 Å². The van der Waals surface area contributed by atoms with Crippen molar-refractivity contribution in [2.45, 2.75) is 31.2 Å². The van der Waals surface area contributed by atoms with Crippen LogP contribution in [-0.2, 0) is 21.2 Å². The van der Waals surface area contributed by atoms with Gasteiger partial charge in [-0.05, 0) is 61.7 Å². The minimum atomic E-state index is -4.04.